The minimum atomic E-state index is -0.172. The first-order valence-corrected chi connectivity index (χ1v) is 8.61. The van der Waals surface area contributed by atoms with Crippen LogP contribution in [0, 0.1) is 0 Å². The molecule has 1 unspecified atom stereocenters. The van der Waals surface area contributed by atoms with Gasteiger partial charge in [0.05, 0.1) is 6.20 Å². The van der Waals surface area contributed by atoms with Crippen molar-refractivity contribution in [3.8, 4) is 5.82 Å². The molecule has 3 aromatic rings. The molecule has 1 aromatic carbocycles. The zero-order chi connectivity index (χ0) is 18.0. The van der Waals surface area contributed by atoms with Crippen molar-refractivity contribution in [1.29, 1.82) is 0 Å². The molecule has 0 radical (unpaired) electrons. The molecule has 0 saturated heterocycles. The van der Waals surface area contributed by atoms with E-state index in [1.54, 1.807) is 23.0 Å². The summed E-state index contributed by atoms with van der Waals surface area (Å²) in [6.07, 6.45) is 5.95. The number of aromatic nitrogens is 3. The highest BCUT2D eigenvalue weighted by Crippen LogP contribution is 2.22. The van der Waals surface area contributed by atoms with Crippen LogP contribution in [0.15, 0.2) is 48.9 Å². The molecule has 2 aromatic heterocycles. The second-order valence-corrected chi connectivity index (χ2v) is 6.75. The van der Waals surface area contributed by atoms with E-state index in [0.717, 1.165) is 11.4 Å². The van der Waals surface area contributed by atoms with Gasteiger partial charge in [0.15, 0.2) is 0 Å². The zero-order valence-corrected chi connectivity index (χ0v) is 15.4. The predicted octanol–water partition coefficient (Wildman–Crippen LogP) is 3.88. The highest BCUT2D eigenvalue weighted by molar-refractivity contribution is 6.35. The molecular weight excluding hydrogens is 359 g/mol. The van der Waals surface area contributed by atoms with Crippen LogP contribution in [-0.2, 0) is 13.5 Å². The second-order valence-electron chi connectivity index (χ2n) is 5.91. The Labute approximate surface area is 156 Å². The first kappa shape index (κ1) is 17.6. The Morgan fingerprint density at radius 1 is 1.28 bits per heavy atom. The van der Waals surface area contributed by atoms with Gasteiger partial charge in [-0.05, 0) is 43.2 Å². The van der Waals surface area contributed by atoms with Crippen LogP contribution in [0.5, 0.6) is 0 Å². The number of hydrogen-bond donors (Lipinski definition) is 1. The topological polar surface area (TPSA) is 51.9 Å². The molecule has 3 rings (SSSR count). The maximum atomic E-state index is 12.7. The molecule has 0 aliphatic heterocycles. The summed E-state index contributed by atoms with van der Waals surface area (Å²) in [6, 6.07) is 9.09. The van der Waals surface area contributed by atoms with Gasteiger partial charge in [0, 0.05) is 35.5 Å². The average molecular weight is 377 g/mol. The first-order valence-electron chi connectivity index (χ1n) is 7.86. The summed E-state index contributed by atoms with van der Waals surface area (Å²) in [5.41, 5.74) is 1.46. The largest absolute Gasteiger partial charge is 0.349 e. The van der Waals surface area contributed by atoms with E-state index in [0.29, 0.717) is 22.0 Å². The van der Waals surface area contributed by atoms with E-state index in [1.165, 1.54) is 0 Å². The maximum absolute atomic E-state index is 12.7. The Hall–Kier alpha value is -2.24. The first-order chi connectivity index (χ1) is 12.0. The third-order valence-corrected chi connectivity index (χ3v) is 4.51. The van der Waals surface area contributed by atoms with Crippen molar-refractivity contribution >= 4 is 29.1 Å². The Bertz CT molecular complexity index is 887. The molecule has 0 saturated carbocycles. The van der Waals surface area contributed by atoms with E-state index in [1.807, 2.05) is 49.1 Å². The molecule has 0 fully saturated rings. The van der Waals surface area contributed by atoms with Crippen molar-refractivity contribution in [2.24, 2.45) is 7.05 Å². The van der Waals surface area contributed by atoms with Gasteiger partial charge >= 0.3 is 0 Å². The van der Waals surface area contributed by atoms with Crippen molar-refractivity contribution < 1.29 is 4.79 Å². The van der Waals surface area contributed by atoms with Crippen LogP contribution in [0.25, 0.3) is 5.82 Å². The van der Waals surface area contributed by atoms with Crippen LogP contribution in [-0.4, -0.2) is 26.3 Å². The fraction of sp³-hybridized carbons (Fsp3) is 0.222. The molecule has 2 heterocycles. The Morgan fingerprint density at radius 3 is 2.68 bits per heavy atom. The van der Waals surface area contributed by atoms with E-state index < -0.39 is 0 Å². The van der Waals surface area contributed by atoms with Gasteiger partial charge in [-0.15, -0.1) is 0 Å². The van der Waals surface area contributed by atoms with Gasteiger partial charge in [0.1, 0.15) is 11.4 Å². The van der Waals surface area contributed by atoms with Gasteiger partial charge in [-0.2, -0.15) is 5.10 Å². The summed E-state index contributed by atoms with van der Waals surface area (Å²) in [7, 11) is 1.81. The smallest absolute Gasteiger partial charge is 0.256 e. The van der Waals surface area contributed by atoms with Crippen LogP contribution in [0.2, 0.25) is 10.0 Å². The summed E-state index contributed by atoms with van der Waals surface area (Å²) >= 11 is 12.1. The number of carbonyl (C=O) groups is 1. The molecule has 0 aliphatic carbocycles. The van der Waals surface area contributed by atoms with Gasteiger partial charge in [-0.25, -0.2) is 0 Å². The molecule has 7 heteroatoms. The number of benzene rings is 1. The number of hydrogen-bond acceptors (Lipinski definition) is 2. The van der Waals surface area contributed by atoms with Gasteiger partial charge in [-0.1, -0.05) is 29.3 Å². The summed E-state index contributed by atoms with van der Waals surface area (Å²) in [5, 5.41) is 8.41. The Kier molecular flexibility index (Phi) is 5.16. The quantitative estimate of drug-likeness (QED) is 0.734. The lowest BCUT2D eigenvalue weighted by Crippen LogP contribution is -2.34. The van der Waals surface area contributed by atoms with E-state index in [4.69, 9.17) is 23.2 Å². The highest BCUT2D eigenvalue weighted by atomic mass is 35.5. The Morgan fingerprint density at radius 2 is 2.00 bits per heavy atom. The molecule has 0 bridgehead atoms. The molecule has 25 heavy (non-hydrogen) atoms. The van der Waals surface area contributed by atoms with Crippen LogP contribution in [0.4, 0.5) is 0 Å². The van der Waals surface area contributed by atoms with E-state index in [9.17, 15) is 4.79 Å². The van der Waals surface area contributed by atoms with Gasteiger partial charge < -0.3 is 9.88 Å². The minimum absolute atomic E-state index is 0.0936. The number of nitrogens with zero attached hydrogens (tertiary/aromatic N) is 3. The molecule has 0 aliphatic rings. The molecule has 1 N–H and O–H groups in total. The lowest BCUT2D eigenvalue weighted by Gasteiger charge is -2.15. The number of aryl methyl sites for hydroxylation is 1. The average Bonchev–Trinajstić information content (AvgIpc) is 3.19. The summed E-state index contributed by atoms with van der Waals surface area (Å²) < 4.78 is 3.54. The third-order valence-electron chi connectivity index (χ3n) is 3.92. The van der Waals surface area contributed by atoms with Crippen LogP contribution in [0.3, 0.4) is 0 Å². The van der Waals surface area contributed by atoms with E-state index >= 15 is 0 Å². The number of amides is 1. The fourth-order valence-electron chi connectivity index (χ4n) is 2.74. The minimum Gasteiger partial charge on any atom is -0.349 e. The van der Waals surface area contributed by atoms with Gasteiger partial charge in [-0.3, -0.25) is 9.48 Å². The van der Waals surface area contributed by atoms with Crippen LogP contribution >= 0.6 is 23.2 Å². The second kappa shape index (κ2) is 7.33. The summed E-state index contributed by atoms with van der Waals surface area (Å²) in [6.45, 7) is 1.94. The highest BCUT2D eigenvalue weighted by Gasteiger charge is 2.19. The standard InChI is InChI=1S/C18H18Cl2N4O/c1-12(9-13-5-6-14(19)10-16(13)20)22-17(25)15-11-21-23(2)18(15)24-7-3-4-8-24/h3-8,10-12H,9H2,1-2H3,(H,22,25). The van der Waals surface area contributed by atoms with E-state index in [-0.39, 0.29) is 11.9 Å². The molecule has 1 atom stereocenters. The molecule has 1 amide bonds. The van der Waals surface area contributed by atoms with Crippen molar-refractivity contribution in [2.75, 3.05) is 0 Å². The van der Waals surface area contributed by atoms with Crippen LogP contribution in [0.1, 0.15) is 22.8 Å². The summed E-state index contributed by atoms with van der Waals surface area (Å²) in [4.78, 5) is 12.7. The van der Waals surface area contributed by atoms with Crippen molar-refractivity contribution in [3.05, 3.63) is 70.1 Å². The monoisotopic (exact) mass is 376 g/mol. The molecular formula is C18H18Cl2N4O. The lowest BCUT2D eigenvalue weighted by atomic mass is 10.1. The number of halogens is 2. The third kappa shape index (κ3) is 3.89. The van der Waals surface area contributed by atoms with Crippen molar-refractivity contribution in [3.63, 3.8) is 0 Å². The van der Waals surface area contributed by atoms with Gasteiger partial charge in [0.25, 0.3) is 5.91 Å². The SMILES string of the molecule is CC(Cc1ccc(Cl)cc1Cl)NC(=O)c1cnn(C)c1-n1cccc1. The van der Waals surface area contributed by atoms with Crippen LogP contribution < -0.4 is 5.32 Å². The van der Waals surface area contributed by atoms with Gasteiger partial charge in [0.2, 0.25) is 0 Å². The number of nitrogens with one attached hydrogen (secondary N) is 1. The fourth-order valence-corrected chi connectivity index (χ4v) is 3.23. The Balaban J connectivity index is 1.74. The molecule has 0 spiro atoms. The number of carbonyl (C=O) groups excluding carboxylic acids is 1. The summed E-state index contributed by atoms with van der Waals surface area (Å²) in [5.74, 6) is 0.550. The van der Waals surface area contributed by atoms with Crippen molar-refractivity contribution in [2.45, 2.75) is 19.4 Å². The normalized spacial score (nSPS) is 12.2. The number of rotatable bonds is 5. The maximum Gasteiger partial charge on any atom is 0.256 e. The van der Waals surface area contributed by atoms with Crippen molar-refractivity contribution in [1.82, 2.24) is 19.7 Å². The molecule has 130 valence electrons. The zero-order valence-electron chi connectivity index (χ0n) is 13.9. The molecule has 5 nitrogen and oxygen atoms in total. The predicted molar refractivity (Wildman–Crippen MR) is 99.6 cm³/mol. The lowest BCUT2D eigenvalue weighted by molar-refractivity contribution is 0.0940. The van der Waals surface area contributed by atoms with E-state index in [2.05, 4.69) is 10.4 Å².